The van der Waals surface area contributed by atoms with E-state index in [1.165, 1.54) is 0 Å². The summed E-state index contributed by atoms with van der Waals surface area (Å²) in [4.78, 5) is 6.53. The molecule has 2 rings (SSSR count). The highest BCUT2D eigenvalue weighted by Crippen LogP contribution is 2.28. The van der Waals surface area contributed by atoms with Crippen LogP contribution in [0.4, 0.5) is 5.69 Å². The zero-order valence-corrected chi connectivity index (χ0v) is 14.3. The van der Waals surface area contributed by atoms with Crippen molar-refractivity contribution in [3.8, 4) is 0 Å². The summed E-state index contributed by atoms with van der Waals surface area (Å²) >= 11 is 3.18. The van der Waals surface area contributed by atoms with Gasteiger partial charge in [-0.3, -0.25) is 0 Å². The van der Waals surface area contributed by atoms with E-state index < -0.39 is 6.10 Å². The van der Waals surface area contributed by atoms with Gasteiger partial charge in [-0.15, -0.1) is 23.5 Å². The minimum absolute atomic E-state index is 0.624. The van der Waals surface area contributed by atoms with E-state index >= 15 is 0 Å². The number of aromatic nitrogens is 1. The molecule has 0 aliphatic carbocycles. The van der Waals surface area contributed by atoms with E-state index in [2.05, 4.69) is 4.98 Å². The zero-order chi connectivity index (χ0) is 15.4. The van der Waals surface area contributed by atoms with Crippen molar-refractivity contribution in [2.45, 2.75) is 16.2 Å². The van der Waals surface area contributed by atoms with Crippen LogP contribution in [-0.4, -0.2) is 36.7 Å². The number of aliphatic hydroxyl groups excluding tert-OH is 1. The summed E-state index contributed by atoms with van der Waals surface area (Å²) in [5, 5.41) is 12.5. The average molecular weight is 320 g/mol. The summed E-state index contributed by atoms with van der Waals surface area (Å²) in [6, 6.07) is 11.9. The van der Waals surface area contributed by atoms with E-state index in [-0.39, 0.29) is 0 Å². The van der Waals surface area contributed by atoms with Crippen molar-refractivity contribution in [2.75, 3.05) is 31.5 Å². The highest BCUT2D eigenvalue weighted by Gasteiger charge is 2.13. The molecule has 0 aliphatic heterocycles. The van der Waals surface area contributed by atoms with Crippen molar-refractivity contribution in [3.63, 3.8) is 0 Å². The molecule has 0 aliphatic rings. The van der Waals surface area contributed by atoms with E-state index in [0.717, 1.165) is 26.9 Å². The smallest absolute Gasteiger partial charge is 0.104 e. The Bertz CT molecular complexity index is 577. The third kappa shape index (κ3) is 3.93. The summed E-state index contributed by atoms with van der Waals surface area (Å²) in [5.41, 5.74) is 2.90. The van der Waals surface area contributed by atoms with Gasteiger partial charge in [-0.25, -0.2) is 4.98 Å². The molecule has 112 valence electrons. The van der Waals surface area contributed by atoms with Crippen LogP contribution in [0, 0.1) is 0 Å². The third-order valence-corrected chi connectivity index (χ3v) is 4.51. The summed E-state index contributed by atoms with van der Waals surface area (Å²) in [5.74, 6) is 0. The van der Waals surface area contributed by atoms with Gasteiger partial charge >= 0.3 is 0 Å². The Labute approximate surface area is 134 Å². The van der Waals surface area contributed by atoms with Crippen LogP contribution in [0.3, 0.4) is 0 Å². The first kappa shape index (κ1) is 16.2. The highest BCUT2D eigenvalue weighted by molar-refractivity contribution is 7.99. The van der Waals surface area contributed by atoms with Crippen LogP contribution in [0.15, 0.2) is 46.5 Å². The highest BCUT2D eigenvalue weighted by atomic mass is 32.2. The first-order valence-electron chi connectivity index (χ1n) is 6.60. The van der Waals surface area contributed by atoms with Gasteiger partial charge in [0.05, 0.1) is 10.1 Å². The lowest BCUT2D eigenvalue weighted by Crippen LogP contribution is -2.09. The molecular weight excluding hydrogens is 300 g/mol. The van der Waals surface area contributed by atoms with Gasteiger partial charge < -0.3 is 10.0 Å². The van der Waals surface area contributed by atoms with E-state index in [9.17, 15) is 5.11 Å². The molecule has 2 aromatic rings. The maximum absolute atomic E-state index is 10.6. The predicted octanol–water partition coefficient (Wildman–Crippen LogP) is 3.67. The zero-order valence-electron chi connectivity index (χ0n) is 12.7. The Kier molecular flexibility index (Phi) is 5.56. The predicted molar refractivity (Wildman–Crippen MR) is 92.6 cm³/mol. The maximum atomic E-state index is 10.6. The SMILES string of the molecule is CSc1cc(C(O)c2ccc(N(C)C)cc2)cc(SC)n1. The fourth-order valence-electron chi connectivity index (χ4n) is 2.01. The van der Waals surface area contributed by atoms with Gasteiger partial charge in [0.1, 0.15) is 6.10 Å². The molecule has 1 atom stereocenters. The first-order chi connectivity index (χ1) is 10.0. The molecule has 0 saturated heterocycles. The number of rotatable bonds is 5. The average Bonchev–Trinajstić information content (AvgIpc) is 2.53. The van der Waals surface area contributed by atoms with E-state index in [4.69, 9.17) is 0 Å². The van der Waals surface area contributed by atoms with Crippen molar-refractivity contribution in [2.24, 2.45) is 0 Å². The molecule has 5 heteroatoms. The lowest BCUT2D eigenvalue weighted by molar-refractivity contribution is 0.219. The molecule has 1 aromatic heterocycles. The molecule has 0 spiro atoms. The molecule has 0 saturated carbocycles. The third-order valence-electron chi connectivity index (χ3n) is 3.26. The van der Waals surface area contributed by atoms with Gasteiger partial charge in [0.25, 0.3) is 0 Å². The minimum Gasteiger partial charge on any atom is -0.384 e. The van der Waals surface area contributed by atoms with Crippen molar-refractivity contribution in [3.05, 3.63) is 47.5 Å². The Hall–Kier alpha value is -1.17. The Balaban J connectivity index is 2.32. The molecular formula is C16H20N2OS2. The molecule has 21 heavy (non-hydrogen) atoms. The van der Waals surface area contributed by atoms with Crippen LogP contribution in [0.25, 0.3) is 0 Å². The van der Waals surface area contributed by atoms with E-state index in [1.807, 2.05) is 67.9 Å². The van der Waals surface area contributed by atoms with E-state index in [0.29, 0.717) is 0 Å². The lowest BCUT2D eigenvalue weighted by atomic mass is 10.0. The maximum Gasteiger partial charge on any atom is 0.104 e. The standard InChI is InChI=1S/C16H20N2OS2/c1-18(2)13-7-5-11(6-8-13)16(19)12-9-14(20-3)17-15(10-12)21-4/h5-10,16,19H,1-4H3. The topological polar surface area (TPSA) is 36.4 Å². The van der Waals surface area contributed by atoms with Crippen LogP contribution < -0.4 is 4.90 Å². The second-order valence-electron chi connectivity index (χ2n) is 4.87. The van der Waals surface area contributed by atoms with Gasteiger partial charge in [-0.05, 0) is 47.9 Å². The Morgan fingerprint density at radius 3 is 1.90 bits per heavy atom. The van der Waals surface area contributed by atoms with Crippen LogP contribution in [0.2, 0.25) is 0 Å². The normalized spacial score (nSPS) is 12.2. The molecule has 1 unspecified atom stereocenters. The lowest BCUT2D eigenvalue weighted by Gasteiger charge is -2.16. The minimum atomic E-state index is -0.624. The number of benzene rings is 1. The summed E-state index contributed by atoms with van der Waals surface area (Å²) in [6.45, 7) is 0. The first-order valence-corrected chi connectivity index (χ1v) is 9.05. The molecule has 0 bridgehead atoms. The number of hydrogen-bond acceptors (Lipinski definition) is 5. The number of aliphatic hydroxyl groups is 1. The van der Waals surface area contributed by atoms with Crippen LogP contribution in [0.5, 0.6) is 0 Å². The molecule has 0 radical (unpaired) electrons. The van der Waals surface area contributed by atoms with Gasteiger partial charge in [0.15, 0.2) is 0 Å². The largest absolute Gasteiger partial charge is 0.384 e. The molecule has 0 fully saturated rings. The van der Waals surface area contributed by atoms with Gasteiger partial charge in [-0.1, -0.05) is 12.1 Å². The monoisotopic (exact) mass is 320 g/mol. The molecule has 0 amide bonds. The van der Waals surface area contributed by atoms with E-state index in [1.54, 1.807) is 23.5 Å². The number of pyridine rings is 1. The molecule has 3 nitrogen and oxygen atoms in total. The molecule has 1 N–H and O–H groups in total. The number of nitrogens with zero attached hydrogens (tertiary/aromatic N) is 2. The van der Waals surface area contributed by atoms with Gasteiger partial charge in [-0.2, -0.15) is 0 Å². The summed E-state index contributed by atoms with van der Waals surface area (Å²) < 4.78 is 0. The molecule has 1 heterocycles. The van der Waals surface area contributed by atoms with Crippen LogP contribution >= 0.6 is 23.5 Å². The van der Waals surface area contributed by atoms with Crippen LogP contribution in [-0.2, 0) is 0 Å². The summed E-state index contributed by atoms with van der Waals surface area (Å²) in [7, 11) is 4.01. The Morgan fingerprint density at radius 2 is 1.48 bits per heavy atom. The second-order valence-corrected chi connectivity index (χ2v) is 6.53. The van der Waals surface area contributed by atoms with Crippen molar-refractivity contribution in [1.29, 1.82) is 0 Å². The van der Waals surface area contributed by atoms with Crippen molar-refractivity contribution >= 4 is 29.2 Å². The number of hydrogen-bond donors (Lipinski definition) is 1. The van der Waals surface area contributed by atoms with Gasteiger partial charge in [0.2, 0.25) is 0 Å². The summed E-state index contributed by atoms with van der Waals surface area (Å²) in [6.07, 6.45) is 3.36. The van der Waals surface area contributed by atoms with Gasteiger partial charge in [0, 0.05) is 19.8 Å². The second kappa shape index (κ2) is 7.20. The van der Waals surface area contributed by atoms with Crippen molar-refractivity contribution < 1.29 is 5.11 Å². The molecule has 1 aromatic carbocycles. The van der Waals surface area contributed by atoms with Crippen LogP contribution in [0.1, 0.15) is 17.2 Å². The Morgan fingerprint density at radius 1 is 0.952 bits per heavy atom. The fourth-order valence-corrected chi connectivity index (χ4v) is 2.96. The fraction of sp³-hybridized carbons (Fsp3) is 0.312. The number of thioether (sulfide) groups is 2. The quantitative estimate of drug-likeness (QED) is 0.851. The van der Waals surface area contributed by atoms with Crippen molar-refractivity contribution in [1.82, 2.24) is 4.98 Å². The number of anilines is 1.